The molecule has 4 rings (SSSR count). The van der Waals surface area contributed by atoms with E-state index in [0.717, 1.165) is 19.2 Å². The molecule has 0 radical (unpaired) electrons. The van der Waals surface area contributed by atoms with Crippen molar-refractivity contribution >= 4 is 23.2 Å². The number of aromatic nitrogens is 3. The summed E-state index contributed by atoms with van der Waals surface area (Å²) in [6.45, 7) is 3.80. The highest BCUT2D eigenvalue weighted by atomic mass is 35.5. The first-order valence-corrected chi connectivity index (χ1v) is 10.0. The maximum absolute atomic E-state index is 13.7. The Bertz CT molecular complexity index is 1080. The van der Waals surface area contributed by atoms with Gasteiger partial charge in [-0.05, 0) is 18.2 Å². The highest BCUT2D eigenvalue weighted by molar-refractivity contribution is 6.30. The lowest BCUT2D eigenvalue weighted by molar-refractivity contribution is -0.142. The molecule has 11 heteroatoms. The van der Waals surface area contributed by atoms with Crippen LogP contribution in [0, 0.1) is 0 Å². The van der Waals surface area contributed by atoms with Crippen molar-refractivity contribution in [2.45, 2.75) is 6.18 Å². The van der Waals surface area contributed by atoms with Crippen LogP contribution in [-0.2, 0) is 10.9 Å². The second-order valence-corrected chi connectivity index (χ2v) is 7.48. The molecule has 3 heterocycles. The molecular formula is C20H19ClF3N5O2. The van der Waals surface area contributed by atoms with Gasteiger partial charge in [-0.1, -0.05) is 23.7 Å². The Morgan fingerprint density at radius 2 is 1.87 bits per heavy atom. The van der Waals surface area contributed by atoms with Crippen molar-refractivity contribution in [1.29, 1.82) is 0 Å². The molecular weight excluding hydrogens is 435 g/mol. The molecule has 2 aromatic heterocycles. The van der Waals surface area contributed by atoms with Crippen LogP contribution in [0.3, 0.4) is 0 Å². The number of benzene rings is 1. The fourth-order valence-corrected chi connectivity index (χ4v) is 3.42. The molecule has 0 atom stereocenters. The predicted octanol–water partition coefficient (Wildman–Crippen LogP) is 3.13. The Labute approximate surface area is 180 Å². The average molecular weight is 454 g/mol. The molecule has 0 unspecified atom stereocenters. The smallest absolute Gasteiger partial charge is 0.379 e. The van der Waals surface area contributed by atoms with Crippen LogP contribution in [0.1, 0.15) is 16.2 Å². The standard InChI is InChI=1S/C20H19ClF3N5O2/c21-14-3-1-13(2-4-14)15-11-17(20(22,23)24)29-18(26-15)12-16(27-29)19(30)25-5-6-28-7-9-31-10-8-28/h1-4,11-12H,5-10H2,(H,25,30). The molecule has 1 amide bonds. The van der Waals surface area contributed by atoms with Gasteiger partial charge in [0.1, 0.15) is 0 Å². The molecule has 31 heavy (non-hydrogen) atoms. The van der Waals surface area contributed by atoms with Gasteiger partial charge in [-0.15, -0.1) is 0 Å². The number of hydrogen-bond acceptors (Lipinski definition) is 5. The van der Waals surface area contributed by atoms with Crippen LogP contribution in [0.2, 0.25) is 5.02 Å². The van der Waals surface area contributed by atoms with E-state index in [-0.39, 0.29) is 17.0 Å². The van der Waals surface area contributed by atoms with Crippen LogP contribution in [0.15, 0.2) is 36.4 Å². The normalized spacial score (nSPS) is 15.4. The number of halogens is 4. The third kappa shape index (κ3) is 4.97. The minimum Gasteiger partial charge on any atom is -0.379 e. The molecule has 3 aromatic rings. The summed E-state index contributed by atoms with van der Waals surface area (Å²) in [6.07, 6.45) is -4.68. The molecule has 1 saturated heterocycles. The van der Waals surface area contributed by atoms with Crippen LogP contribution in [0.5, 0.6) is 0 Å². The van der Waals surface area contributed by atoms with Crippen LogP contribution in [0.25, 0.3) is 16.9 Å². The average Bonchev–Trinajstić information content (AvgIpc) is 3.18. The van der Waals surface area contributed by atoms with Gasteiger partial charge in [-0.2, -0.15) is 18.3 Å². The number of morpholine rings is 1. The van der Waals surface area contributed by atoms with Gasteiger partial charge < -0.3 is 10.1 Å². The fraction of sp³-hybridized carbons (Fsp3) is 0.350. The second kappa shape index (κ2) is 8.81. The summed E-state index contributed by atoms with van der Waals surface area (Å²) in [6, 6.07) is 8.45. The third-order valence-corrected chi connectivity index (χ3v) is 5.16. The quantitative estimate of drug-likeness (QED) is 0.642. The summed E-state index contributed by atoms with van der Waals surface area (Å²) in [5, 5.41) is 7.02. The fourth-order valence-electron chi connectivity index (χ4n) is 3.30. The number of rotatable bonds is 5. The molecule has 1 aliphatic rings. The van der Waals surface area contributed by atoms with Crippen LogP contribution in [-0.4, -0.2) is 64.8 Å². The van der Waals surface area contributed by atoms with Crippen LogP contribution in [0.4, 0.5) is 13.2 Å². The number of amides is 1. The number of carbonyl (C=O) groups excluding carboxylic acids is 1. The summed E-state index contributed by atoms with van der Waals surface area (Å²) in [4.78, 5) is 18.9. The number of alkyl halides is 3. The Morgan fingerprint density at radius 1 is 1.16 bits per heavy atom. The lowest BCUT2D eigenvalue weighted by Crippen LogP contribution is -2.41. The summed E-state index contributed by atoms with van der Waals surface area (Å²) >= 11 is 5.86. The summed E-state index contributed by atoms with van der Waals surface area (Å²) in [5.41, 5.74) is -0.646. The Kier molecular flexibility index (Phi) is 6.12. The monoisotopic (exact) mass is 453 g/mol. The molecule has 0 spiro atoms. The van der Waals surface area contributed by atoms with E-state index in [1.54, 1.807) is 24.3 Å². The number of hydrogen-bond donors (Lipinski definition) is 1. The number of nitrogens with zero attached hydrogens (tertiary/aromatic N) is 4. The SMILES string of the molecule is O=C(NCCN1CCOCC1)c1cc2nc(-c3ccc(Cl)cc3)cc(C(F)(F)F)n2n1. The molecule has 1 aliphatic heterocycles. The zero-order valence-electron chi connectivity index (χ0n) is 16.3. The lowest BCUT2D eigenvalue weighted by Gasteiger charge is -2.26. The zero-order valence-corrected chi connectivity index (χ0v) is 17.1. The van der Waals surface area contributed by atoms with E-state index < -0.39 is 17.8 Å². The first-order valence-electron chi connectivity index (χ1n) is 9.63. The van der Waals surface area contributed by atoms with Gasteiger partial charge >= 0.3 is 6.18 Å². The van der Waals surface area contributed by atoms with E-state index in [0.29, 0.717) is 41.4 Å². The minimum absolute atomic E-state index is 0.0712. The van der Waals surface area contributed by atoms with Gasteiger partial charge in [0.2, 0.25) is 0 Å². The molecule has 164 valence electrons. The predicted molar refractivity (Wildman–Crippen MR) is 108 cm³/mol. The van der Waals surface area contributed by atoms with E-state index in [4.69, 9.17) is 16.3 Å². The minimum atomic E-state index is -4.68. The van der Waals surface area contributed by atoms with Gasteiger partial charge in [-0.25, -0.2) is 9.50 Å². The lowest BCUT2D eigenvalue weighted by atomic mass is 10.1. The first kappa shape index (κ1) is 21.5. The molecule has 0 saturated carbocycles. The van der Waals surface area contributed by atoms with Crippen molar-refractivity contribution in [2.24, 2.45) is 0 Å². The zero-order chi connectivity index (χ0) is 22.0. The van der Waals surface area contributed by atoms with E-state index in [1.807, 2.05) is 0 Å². The van der Waals surface area contributed by atoms with Gasteiger partial charge in [0, 0.05) is 42.8 Å². The summed E-state index contributed by atoms with van der Waals surface area (Å²) in [5.74, 6) is -0.556. The molecule has 7 nitrogen and oxygen atoms in total. The second-order valence-electron chi connectivity index (χ2n) is 7.04. The van der Waals surface area contributed by atoms with Gasteiger partial charge in [-0.3, -0.25) is 9.69 Å². The van der Waals surface area contributed by atoms with E-state index in [1.165, 1.54) is 6.07 Å². The Balaban J connectivity index is 1.59. The Hall–Kier alpha value is -2.69. The van der Waals surface area contributed by atoms with Crippen molar-refractivity contribution in [1.82, 2.24) is 24.8 Å². The van der Waals surface area contributed by atoms with Crippen LogP contribution >= 0.6 is 11.6 Å². The van der Waals surface area contributed by atoms with Gasteiger partial charge in [0.15, 0.2) is 17.0 Å². The maximum atomic E-state index is 13.7. The molecule has 0 aliphatic carbocycles. The Morgan fingerprint density at radius 3 is 2.55 bits per heavy atom. The van der Waals surface area contributed by atoms with Crippen molar-refractivity contribution < 1.29 is 22.7 Å². The number of fused-ring (bicyclic) bond motifs is 1. The molecule has 1 aromatic carbocycles. The number of carbonyl (C=O) groups is 1. The first-order chi connectivity index (χ1) is 14.8. The number of ether oxygens (including phenoxy) is 1. The highest BCUT2D eigenvalue weighted by Gasteiger charge is 2.35. The van der Waals surface area contributed by atoms with Gasteiger partial charge in [0.05, 0.1) is 18.9 Å². The van der Waals surface area contributed by atoms with E-state index >= 15 is 0 Å². The van der Waals surface area contributed by atoms with Crippen molar-refractivity contribution in [3.05, 3.63) is 52.8 Å². The highest BCUT2D eigenvalue weighted by Crippen LogP contribution is 2.32. The van der Waals surface area contributed by atoms with Crippen molar-refractivity contribution in [2.75, 3.05) is 39.4 Å². The van der Waals surface area contributed by atoms with Gasteiger partial charge in [0.25, 0.3) is 5.91 Å². The van der Waals surface area contributed by atoms with Crippen molar-refractivity contribution in [3.63, 3.8) is 0 Å². The summed E-state index contributed by atoms with van der Waals surface area (Å²) < 4.78 is 46.9. The van der Waals surface area contributed by atoms with E-state index in [9.17, 15) is 18.0 Å². The molecule has 1 N–H and O–H groups in total. The molecule has 1 fully saturated rings. The largest absolute Gasteiger partial charge is 0.433 e. The molecule has 0 bridgehead atoms. The van der Waals surface area contributed by atoms with E-state index in [2.05, 4.69) is 20.3 Å². The third-order valence-electron chi connectivity index (χ3n) is 4.91. The topological polar surface area (TPSA) is 71.8 Å². The number of nitrogens with one attached hydrogen (secondary N) is 1. The maximum Gasteiger partial charge on any atom is 0.433 e. The van der Waals surface area contributed by atoms with Crippen LogP contribution < -0.4 is 5.32 Å². The summed E-state index contributed by atoms with van der Waals surface area (Å²) in [7, 11) is 0. The van der Waals surface area contributed by atoms with Crippen molar-refractivity contribution in [3.8, 4) is 11.3 Å².